The maximum absolute atomic E-state index is 12.4. The molecule has 128 valence electrons. The highest BCUT2D eigenvalue weighted by atomic mass is 32.1. The van der Waals surface area contributed by atoms with Crippen LogP contribution in [0, 0.1) is 0 Å². The number of anilines is 2. The third-order valence-corrected chi connectivity index (χ3v) is 4.36. The van der Waals surface area contributed by atoms with Gasteiger partial charge in [-0.3, -0.25) is 10.1 Å². The fourth-order valence-corrected chi connectivity index (χ4v) is 2.96. The van der Waals surface area contributed by atoms with Gasteiger partial charge in [0, 0.05) is 16.5 Å². The van der Waals surface area contributed by atoms with Crippen LogP contribution in [0.5, 0.6) is 11.5 Å². The van der Waals surface area contributed by atoms with Crippen molar-refractivity contribution in [2.75, 3.05) is 25.3 Å². The first-order valence-corrected chi connectivity index (χ1v) is 8.33. The number of ether oxygens (including phenoxy) is 2. The van der Waals surface area contributed by atoms with Gasteiger partial charge in [0.15, 0.2) is 5.13 Å². The van der Waals surface area contributed by atoms with Crippen LogP contribution in [0.15, 0.2) is 47.8 Å². The number of carbonyl (C=O) groups excluding carboxylic acids is 1. The lowest BCUT2D eigenvalue weighted by Gasteiger charge is -2.07. The average Bonchev–Trinajstić information content (AvgIpc) is 3.10. The van der Waals surface area contributed by atoms with Crippen LogP contribution in [0.1, 0.15) is 10.4 Å². The molecular weight excluding hydrogens is 338 g/mol. The number of carbonyl (C=O) groups is 1. The molecule has 25 heavy (non-hydrogen) atoms. The Labute approximate surface area is 149 Å². The molecule has 0 aliphatic heterocycles. The molecule has 0 fully saturated rings. The van der Waals surface area contributed by atoms with E-state index in [9.17, 15) is 4.79 Å². The van der Waals surface area contributed by atoms with Crippen LogP contribution in [-0.2, 0) is 0 Å². The van der Waals surface area contributed by atoms with Crippen LogP contribution in [0.4, 0.5) is 10.8 Å². The van der Waals surface area contributed by atoms with Gasteiger partial charge in [0.1, 0.15) is 11.5 Å². The number of nitrogens with one attached hydrogen (secondary N) is 1. The van der Waals surface area contributed by atoms with Crippen molar-refractivity contribution < 1.29 is 14.3 Å². The Morgan fingerprint density at radius 2 is 1.88 bits per heavy atom. The Balaban J connectivity index is 1.75. The molecule has 0 bridgehead atoms. The minimum Gasteiger partial charge on any atom is -0.497 e. The molecule has 0 spiro atoms. The van der Waals surface area contributed by atoms with E-state index < -0.39 is 0 Å². The molecule has 2 aromatic carbocycles. The van der Waals surface area contributed by atoms with Gasteiger partial charge in [-0.2, -0.15) is 0 Å². The summed E-state index contributed by atoms with van der Waals surface area (Å²) >= 11 is 1.36. The number of aromatic nitrogens is 1. The Hall–Kier alpha value is -3.06. The number of amides is 1. The molecule has 0 atom stereocenters. The fourth-order valence-electron chi connectivity index (χ4n) is 2.25. The van der Waals surface area contributed by atoms with Crippen molar-refractivity contribution in [1.29, 1.82) is 0 Å². The molecule has 3 rings (SSSR count). The summed E-state index contributed by atoms with van der Waals surface area (Å²) in [6.45, 7) is 0. The van der Waals surface area contributed by atoms with Gasteiger partial charge in [-0.1, -0.05) is 0 Å². The monoisotopic (exact) mass is 355 g/mol. The van der Waals surface area contributed by atoms with E-state index in [2.05, 4.69) is 10.3 Å². The number of hydrogen-bond acceptors (Lipinski definition) is 6. The standard InChI is InChI=1S/C18H17N3O3S/c1-23-13-6-3-11(4-7-13)15-10-25-18(20-15)21-17(22)12-5-8-14(19)16(9-12)24-2/h3-10H,19H2,1-2H3,(H,20,21,22). The molecule has 1 amide bonds. The average molecular weight is 355 g/mol. The van der Waals surface area contributed by atoms with E-state index in [1.807, 2.05) is 29.6 Å². The molecule has 1 aromatic heterocycles. The van der Waals surface area contributed by atoms with Crippen molar-refractivity contribution in [3.63, 3.8) is 0 Å². The number of benzene rings is 2. The van der Waals surface area contributed by atoms with E-state index in [0.717, 1.165) is 17.0 Å². The molecule has 6 nitrogen and oxygen atoms in total. The number of thiazole rings is 1. The second-order valence-corrected chi connectivity index (χ2v) is 6.04. The number of hydrogen-bond donors (Lipinski definition) is 2. The second kappa shape index (κ2) is 7.23. The summed E-state index contributed by atoms with van der Waals surface area (Å²) in [6.07, 6.45) is 0. The number of nitrogens with two attached hydrogens (primary N) is 1. The topological polar surface area (TPSA) is 86.5 Å². The molecule has 3 aromatic rings. The van der Waals surface area contributed by atoms with Gasteiger partial charge in [-0.25, -0.2) is 4.98 Å². The summed E-state index contributed by atoms with van der Waals surface area (Å²) in [5.41, 5.74) is 8.44. The van der Waals surface area contributed by atoms with Gasteiger partial charge in [-0.15, -0.1) is 11.3 Å². The van der Waals surface area contributed by atoms with Crippen LogP contribution in [0.2, 0.25) is 0 Å². The number of nitrogens with zero attached hydrogens (tertiary/aromatic N) is 1. The van der Waals surface area contributed by atoms with Gasteiger partial charge >= 0.3 is 0 Å². The first-order chi connectivity index (χ1) is 12.1. The van der Waals surface area contributed by atoms with Gasteiger partial charge in [0.05, 0.1) is 25.6 Å². The first kappa shape index (κ1) is 16.8. The Morgan fingerprint density at radius 3 is 2.56 bits per heavy atom. The summed E-state index contributed by atoms with van der Waals surface area (Å²) < 4.78 is 10.3. The second-order valence-electron chi connectivity index (χ2n) is 5.18. The highest BCUT2D eigenvalue weighted by molar-refractivity contribution is 7.14. The molecular formula is C18H17N3O3S. The third-order valence-electron chi connectivity index (χ3n) is 3.61. The largest absolute Gasteiger partial charge is 0.497 e. The zero-order valence-corrected chi connectivity index (χ0v) is 14.6. The molecule has 0 saturated heterocycles. The zero-order chi connectivity index (χ0) is 17.8. The fraction of sp³-hybridized carbons (Fsp3) is 0.111. The van der Waals surface area contributed by atoms with E-state index in [1.165, 1.54) is 18.4 Å². The Morgan fingerprint density at radius 1 is 1.12 bits per heavy atom. The van der Waals surface area contributed by atoms with Crippen LogP contribution >= 0.6 is 11.3 Å². The summed E-state index contributed by atoms with van der Waals surface area (Å²) in [7, 11) is 3.13. The highest BCUT2D eigenvalue weighted by Gasteiger charge is 2.12. The number of methoxy groups -OCH3 is 2. The van der Waals surface area contributed by atoms with Crippen molar-refractivity contribution in [2.45, 2.75) is 0 Å². The lowest BCUT2D eigenvalue weighted by molar-refractivity contribution is 0.102. The number of rotatable bonds is 5. The first-order valence-electron chi connectivity index (χ1n) is 7.45. The van der Waals surface area contributed by atoms with Crippen LogP contribution in [-0.4, -0.2) is 25.1 Å². The van der Waals surface area contributed by atoms with E-state index >= 15 is 0 Å². The molecule has 3 N–H and O–H groups in total. The Kier molecular flexibility index (Phi) is 4.85. The maximum Gasteiger partial charge on any atom is 0.257 e. The number of nitrogen functional groups attached to an aromatic ring is 1. The predicted molar refractivity (Wildman–Crippen MR) is 99.5 cm³/mol. The molecule has 0 radical (unpaired) electrons. The molecule has 0 aliphatic carbocycles. The van der Waals surface area contributed by atoms with Crippen molar-refractivity contribution >= 4 is 28.1 Å². The highest BCUT2D eigenvalue weighted by Crippen LogP contribution is 2.27. The van der Waals surface area contributed by atoms with Gasteiger partial charge < -0.3 is 15.2 Å². The molecule has 7 heteroatoms. The summed E-state index contributed by atoms with van der Waals surface area (Å²) in [6, 6.07) is 12.5. The molecule has 1 heterocycles. The van der Waals surface area contributed by atoms with Crippen molar-refractivity contribution in [1.82, 2.24) is 4.98 Å². The van der Waals surface area contributed by atoms with Crippen LogP contribution in [0.3, 0.4) is 0 Å². The lowest BCUT2D eigenvalue weighted by Crippen LogP contribution is -2.12. The smallest absolute Gasteiger partial charge is 0.257 e. The minimum atomic E-state index is -0.270. The Bertz CT molecular complexity index is 891. The van der Waals surface area contributed by atoms with Crippen LogP contribution in [0.25, 0.3) is 11.3 Å². The third kappa shape index (κ3) is 3.72. The van der Waals surface area contributed by atoms with Crippen molar-refractivity contribution in [2.24, 2.45) is 0 Å². The molecule has 0 unspecified atom stereocenters. The summed E-state index contributed by atoms with van der Waals surface area (Å²) in [5.74, 6) is 0.976. The predicted octanol–water partition coefficient (Wildman–Crippen LogP) is 3.66. The molecule has 0 aliphatic rings. The van der Waals surface area contributed by atoms with E-state index in [-0.39, 0.29) is 5.91 Å². The SMILES string of the molecule is COc1ccc(-c2csc(NC(=O)c3ccc(N)c(OC)c3)n2)cc1. The van der Waals surface area contributed by atoms with Crippen LogP contribution < -0.4 is 20.5 Å². The summed E-state index contributed by atoms with van der Waals surface area (Å²) in [5, 5.41) is 5.20. The minimum absolute atomic E-state index is 0.270. The summed E-state index contributed by atoms with van der Waals surface area (Å²) in [4.78, 5) is 16.8. The van der Waals surface area contributed by atoms with E-state index in [0.29, 0.717) is 22.1 Å². The van der Waals surface area contributed by atoms with Crippen molar-refractivity contribution in [3.8, 4) is 22.8 Å². The van der Waals surface area contributed by atoms with Gasteiger partial charge in [0.25, 0.3) is 5.91 Å². The zero-order valence-electron chi connectivity index (χ0n) is 13.8. The molecule has 0 saturated carbocycles. The quantitative estimate of drug-likeness (QED) is 0.682. The lowest BCUT2D eigenvalue weighted by atomic mass is 10.2. The van der Waals surface area contributed by atoms with E-state index in [1.54, 1.807) is 25.3 Å². The van der Waals surface area contributed by atoms with Gasteiger partial charge in [0.2, 0.25) is 0 Å². The normalized spacial score (nSPS) is 10.3. The maximum atomic E-state index is 12.4. The van der Waals surface area contributed by atoms with Gasteiger partial charge in [-0.05, 0) is 42.5 Å². The van der Waals surface area contributed by atoms with E-state index in [4.69, 9.17) is 15.2 Å². The van der Waals surface area contributed by atoms with Crippen molar-refractivity contribution in [3.05, 3.63) is 53.4 Å².